The Bertz CT molecular complexity index is 434. The highest BCUT2D eigenvalue weighted by molar-refractivity contribution is 6.33. The van der Waals surface area contributed by atoms with Crippen molar-refractivity contribution >= 4 is 17.4 Å². The maximum Gasteiger partial charge on any atom is 0.417 e. The standard InChI is InChI=1S/C12H14ClF3N2/c1-2-3-7-4-10(7)18-11-9(13)5-8(6-17-11)12(14,15)16/h5-7,10H,2-4H2,1H3,(H,17,18). The van der Waals surface area contributed by atoms with E-state index < -0.39 is 11.7 Å². The number of rotatable bonds is 4. The van der Waals surface area contributed by atoms with Crippen molar-refractivity contribution in [1.29, 1.82) is 0 Å². The van der Waals surface area contributed by atoms with E-state index in [1.807, 2.05) is 0 Å². The molecule has 0 saturated heterocycles. The SMILES string of the molecule is CCCC1CC1Nc1ncc(C(F)(F)F)cc1Cl. The summed E-state index contributed by atoms with van der Waals surface area (Å²) in [5.41, 5.74) is -0.820. The Morgan fingerprint density at radius 3 is 2.78 bits per heavy atom. The van der Waals surface area contributed by atoms with Crippen LogP contribution in [0.15, 0.2) is 12.3 Å². The van der Waals surface area contributed by atoms with E-state index in [0.29, 0.717) is 17.8 Å². The Kier molecular flexibility index (Phi) is 3.71. The van der Waals surface area contributed by atoms with Crippen molar-refractivity contribution < 1.29 is 13.2 Å². The lowest BCUT2D eigenvalue weighted by molar-refractivity contribution is -0.137. The Hall–Kier alpha value is -0.970. The Morgan fingerprint density at radius 2 is 2.22 bits per heavy atom. The topological polar surface area (TPSA) is 24.9 Å². The quantitative estimate of drug-likeness (QED) is 0.885. The molecular weight excluding hydrogens is 265 g/mol. The molecule has 0 amide bonds. The van der Waals surface area contributed by atoms with E-state index in [2.05, 4.69) is 17.2 Å². The molecule has 1 fully saturated rings. The van der Waals surface area contributed by atoms with Gasteiger partial charge in [0.05, 0.1) is 10.6 Å². The number of pyridine rings is 1. The van der Waals surface area contributed by atoms with Crippen molar-refractivity contribution in [2.24, 2.45) is 5.92 Å². The zero-order valence-electron chi connectivity index (χ0n) is 9.89. The number of aromatic nitrogens is 1. The molecule has 100 valence electrons. The van der Waals surface area contributed by atoms with E-state index in [1.165, 1.54) is 0 Å². The van der Waals surface area contributed by atoms with Gasteiger partial charge in [-0.05, 0) is 24.8 Å². The van der Waals surface area contributed by atoms with Gasteiger partial charge < -0.3 is 5.32 Å². The first kappa shape index (κ1) is 13.5. The minimum atomic E-state index is -4.40. The van der Waals surface area contributed by atoms with Gasteiger partial charge in [0.25, 0.3) is 0 Å². The predicted molar refractivity (Wildman–Crippen MR) is 64.7 cm³/mol. The second-order valence-electron chi connectivity index (χ2n) is 4.59. The molecule has 2 nitrogen and oxygen atoms in total. The second-order valence-corrected chi connectivity index (χ2v) is 4.99. The van der Waals surface area contributed by atoms with Crippen LogP contribution < -0.4 is 5.32 Å². The predicted octanol–water partition coefficient (Wildman–Crippen LogP) is 4.35. The van der Waals surface area contributed by atoms with Crippen LogP contribution in [0.2, 0.25) is 5.02 Å². The first-order valence-electron chi connectivity index (χ1n) is 5.91. The second kappa shape index (κ2) is 4.96. The fourth-order valence-electron chi connectivity index (χ4n) is 1.99. The Morgan fingerprint density at radius 1 is 1.50 bits per heavy atom. The summed E-state index contributed by atoms with van der Waals surface area (Å²) in [5, 5.41) is 3.11. The largest absolute Gasteiger partial charge is 0.417 e. The first-order valence-corrected chi connectivity index (χ1v) is 6.29. The summed E-state index contributed by atoms with van der Waals surface area (Å²) in [4.78, 5) is 3.76. The maximum absolute atomic E-state index is 12.4. The summed E-state index contributed by atoms with van der Waals surface area (Å²) in [7, 11) is 0. The summed E-state index contributed by atoms with van der Waals surface area (Å²) in [6, 6.07) is 1.21. The third-order valence-corrected chi connectivity index (χ3v) is 3.36. The molecule has 2 unspecified atom stereocenters. The van der Waals surface area contributed by atoms with Crippen LogP contribution in [0.4, 0.5) is 19.0 Å². The molecule has 1 heterocycles. The molecular formula is C12H14ClF3N2. The van der Waals surface area contributed by atoms with Crippen LogP contribution in [0, 0.1) is 5.92 Å². The van der Waals surface area contributed by atoms with Gasteiger partial charge in [-0.15, -0.1) is 0 Å². The van der Waals surface area contributed by atoms with Gasteiger partial charge in [-0.3, -0.25) is 0 Å². The molecule has 6 heteroatoms. The van der Waals surface area contributed by atoms with Gasteiger partial charge in [-0.25, -0.2) is 4.98 Å². The van der Waals surface area contributed by atoms with Gasteiger partial charge in [0.15, 0.2) is 0 Å². The number of nitrogens with one attached hydrogen (secondary N) is 1. The van der Waals surface area contributed by atoms with Crippen molar-refractivity contribution in [2.45, 2.75) is 38.4 Å². The van der Waals surface area contributed by atoms with E-state index in [4.69, 9.17) is 11.6 Å². The molecule has 1 saturated carbocycles. The van der Waals surface area contributed by atoms with E-state index in [9.17, 15) is 13.2 Å². The molecule has 2 rings (SSSR count). The summed E-state index contributed by atoms with van der Waals surface area (Å²) < 4.78 is 37.3. The van der Waals surface area contributed by atoms with Gasteiger partial charge in [0.1, 0.15) is 5.82 Å². The highest BCUT2D eigenvalue weighted by Gasteiger charge is 2.37. The molecule has 2 atom stereocenters. The molecule has 1 aliphatic carbocycles. The number of nitrogens with zero attached hydrogens (tertiary/aromatic N) is 1. The average molecular weight is 279 g/mol. The van der Waals surface area contributed by atoms with Gasteiger partial charge in [0.2, 0.25) is 0 Å². The highest BCUT2D eigenvalue weighted by atomic mass is 35.5. The van der Waals surface area contributed by atoms with Crippen LogP contribution in [0.1, 0.15) is 31.7 Å². The first-order chi connectivity index (χ1) is 8.41. The number of halogens is 4. The average Bonchev–Trinajstić information content (AvgIpc) is 2.99. The molecule has 1 aromatic heterocycles. The summed E-state index contributed by atoms with van der Waals surface area (Å²) in [5.74, 6) is 0.934. The molecule has 1 aliphatic rings. The van der Waals surface area contributed by atoms with Gasteiger partial charge >= 0.3 is 6.18 Å². The fourth-order valence-corrected chi connectivity index (χ4v) is 2.21. The zero-order valence-corrected chi connectivity index (χ0v) is 10.6. The molecule has 0 radical (unpaired) electrons. The smallest absolute Gasteiger partial charge is 0.366 e. The lowest BCUT2D eigenvalue weighted by Gasteiger charge is -2.10. The van der Waals surface area contributed by atoms with Gasteiger partial charge in [-0.1, -0.05) is 24.9 Å². The minimum Gasteiger partial charge on any atom is -0.366 e. The van der Waals surface area contributed by atoms with E-state index >= 15 is 0 Å². The molecule has 1 aromatic rings. The van der Waals surface area contributed by atoms with Crippen molar-refractivity contribution in [3.05, 3.63) is 22.8 Å². The van der Waals surface area contributed by atoms with E-state index in [1.54, 1.807) is 0 Å². The van der Waals surface area contributed by atoms with E-state index in [-0.39, 0.29) is 5.02 Å². The third-order valence-electron chi connectivity index (χ3n) is 3.07. The highest BCUT2D eigenvalue weighted by Crippen LogP contribution is 2.39. The van der Waals surface area contributed by atoms with Crippen molar-refractivity contribution in [3.8, 4) is 0 Å². The van der Waals surface area contributed by atoms with Crippen LogP contribution in [-0.4, -0.2) is 11.0 Å². The van der Waals surface area contributed by atoms with Crippen LogP contribution in [0.5, 0.6) is 0 Å². The van der Waals surface area contributed by atoms with Crippen LogP contribution in [0.3, 0.4) is 0 Å². The third kappa shape index (κ3) is 3.07. The zero-order chi connectivity index (χ0) is 13.3. The van der Waals surface area contributed by atoms with Crippen molar-refractivity contribution in [1.82, 2.24) is 4.98 Å². The summed E-state index contributed by atoms with van der Waals surface area (Å²) >= 11 is 5.81. The Balaban J connectivity index is 2.03. The van der Waals surface area contributed by atoms with Crippen molar-refractivity contribution in [2.75, 3.05) is 5.32 Å². The molecule has 0 bridgehead atoms. The monoisotopic (exact) mass is 278 g/mol. The summed E-state index contributed by atoms with van der Waals surface area (Å²) in [6.07, 6.45) is -0.329. The number of hydrogen-bond acceptors (Lipinski definition) is 2. The molecule has 0 aromatic carbocycles. The molecule has 18 heavy (non-hydrogen) atoms. The fraction of sp³-hybridized carbons (Fsp3) is 0.583. The lowest BCUT2D eigenvalue weighted by atomic mass is 10.2. The minimum absolute atomic E-state index is 0.0203. The number of anilines is 1. The maximum atomic E-state index is 12.4. The van der Waals surface area contributed by atoms with Gasteiger partial charge in [0, 0.05) is 12.2 Å². The molecule has 0 spiro atoms. The normalized spacial score (nSPS) is 22.9. The number of alkyl halides is 3. The van der Waals surface area contributed by atoms with Crippen LogP contribution >= 0.6 is 11.6 Å². The van der Waals surface area contributed by atoms with Crippen LogP contribution in [0.25, 0.3) is 0 Å². The van der Waals surface area contributed by atoms with Crippen molar-refractivity contribution in [3.63, 3.8) is 0 Å². The summed E-state index contributed by atoms with van der Waals surface area (Å²) in [6.45, 7) is 2.11. The Labute approximate surface area is 109 Å². The lowest BCUT2D eigenvalue weighted by Crippen LogP contribution is -2.10. The number of hydrogen-bond donors (Lipinski definition) is 1. The van der Waals surface area contributed by atoms with Crippen LogP contribution in [-0.2, 0) is 6.18 Å². The molecule has 0 aliphatic heterocycles. The van der Waals surface area contributed by atoms with Gasteiger partial charge in [-0.2, -0.15) is 13.2 Å². The van der Waals surface area contributed by atoms with E-state index in [0.717, 1.165) is 31.5 Å². The molecule has 1 N–H and O–H groups in total.